The largest absolute Gasteiger partial charge is 0.351 e. The first-order valence-electron chi connectivity index (χ1n) is 8.77. The summed E-state index contributed by atoms with van der Waals surface area (Å²) in [5.41, 5.74) is -1.03. The average Bonchev–Trinajstić information content (AvgIpc) is 3.09. The third-order valence-electron chi connectivity index (χ3n) is 5.11. The van der Waals surface area contributed by atoms with Crippen molar-refractivity contribution in [3.63, 3.8) is 0 Å². The van der Waals surface area contributed by atoms with Crippen molar-refractivity contribution < 1.29 is 13.2 Å². The zero-order valence-electron chi connectivity index (χ0n) is 15.7. The van der Waals surface area contributed by atoms with Crippen molar-refractivity contribution in [3.05, 3.63) is 27.9 Å². The van der Waals surface area contributed by atoms with Crippen molar-refractivity contribution in [2.45, 2.75) is 45.6 Å². The van der Waals surface area contributed by atoms with E-state index >= 15 is 0 Å². The van der Waals surface area contributed by atoms with Crippen molar-refractivity contribution in [3.8, 4) is 0 Å². The van der Waals surface area contributed by atoms with Crippen LogP contribution in [0.3, 0.4) is 0 Å². The molecular weight excluding hydrogens is 356 g/mol. The Hall–Kier alpha value is -1.74. The molecule has 1 aromatic rings. The topological polar surface area (TPSA) is 101 Å². The van der Waals surface area contributed by atoms with Gasteiger partial charge in [0.2, 0.25) is 10.0 Å². The molecule has 0 bridgehead atoms. The number of hydrogen-bond acceptors (Lipinski definition) is 5. The summed E-state index contributed by atoms with van der Waals surface area (Å²) in [7, 11) is -3.27. The van der Waals surface area contributed by atoms with Gasteiger partial charge in [-0.2, -0.15) is 4.98 Å². The first kappa shape index (κ1) is 19.0. The van der Waals surface area contributed by atoms with E-state index in [-0.39, 0.29) is 11.0 Å². The number of aryl methyl sites for hydroxylation is 1. The van der Waals surface area contributed by atoms with Crippen LogP contribution in [0, 0.1) is 5.41 Å². The van der Waals surface area contributed by atoms with E-state index in [1.807, 2.05) is 25.3 Å². The molecular formula is C17H26N4O4S. The number of fused-ring (bicyclic) bond motifs is 2. The average molecular weight is 382 g/mol. The lowest BCUT2D eigenvalue weighted by Crippen LogP contribution is -2.38. The van der Waals surface area contributed by atoms with E-state index in [4.69, 9.17) is 0 Å². The van der Waals surface area contributed by atoms with Gasteiger partial charge in [-0.05, 0) is 18.3 Å². The van der Waals surface area contributed by atoms with Crippen molar-refractivity contribution >= 4 is 15.9 Å². The summed E-state index contributed by atoms with van der Waals surface area (Å²) < 4.78 is 26.9. The molecule has 144 valence electrons. The van der Waals surface area contributed by atoms with Gasteiger partial charge in [-0.25, -0.2) is 12.7 Å². The maximum absolute atomic E-state index is 12.4. The number of hydrogen-bond donors (Lipinski definition) is 1. The molecule has 8 nitrogen and oxygen atoms in total. The van der Waals surface area contributed by atoms with Crippen molar-refractivity contribution in [1.82, 2.24) is 19.2 Å². The second-order valence-corrected chi connectivity index (χ2v) is 10.6. The molecule has 0 radical (unpaired) electrons. The molecule has 1 saturated heterocycles. The van der Waals surface area contributed by atoms with Crippen LogP contribution in [0.4, 0.5) is 0 Å². The minimum absolute atomic E-state index is 0.0352. The molecule has 3 rings (SSSR count). The quantitative estimate of drug-likeness (QED) is 0.812. The highest BCUT2D eigenvalue weighted by Crippen LogP contribution is 2.41. The van der Waals surface area contributed by atoms with Crippen LogP contribution >= 0.6 is 0 Å². The highest BCUT2D eigenvalue weighted by molar-refractivity contribution is 7.88. The number of nitrogens with one attached hydrogen (secondary N) is 1. The molecule has 9 heteroatoms. The summed E-state index contributed by atoms with van der Waals surface area (Å²) in [5.74, 6) is 0.180. The van der Waals surface area contributed by atoms with Gasteiger partial charge >= 0.3 is 0 Å². The van der Waals surface area contributed by atoms with Crippen LogP contribution < -0.4 is 10.9 Å². The fraction of sp³-hybridized carbons (Fsp3) is 0.706. The standard InChI is InChI=1S/C17H26N4O4S/c1-16(2,3)10-18-13(22)12-9-20-7-5-17(15(20)19-14(12)23)6-8-21(11-17)26(4,24)25/h9H,5-8,10-11H2,1-4H3,(H,18,22)/t17-/m0/s1. The van der Waals surface area contributed by atoms with E-state index in [1.54, 1.807) is 6.20 Å². The third kappa shape index (κ3) is 3.55. The van der Waals surface area contributed by atoms with Gasteiger partial charge in [0.25, 0.3) is 11.5 Å². The Morgan fingerprint density at radius 1 is 1.31 bits per heavy atom. The van der Waals surface area contributed by atoms with Crippen molar-refractivity contribution in [1.29, 1.82) is 0 Å². The molecule has 0 unspecified atom stereocenters. The lowest BCUT2D eigenvalue weighted by Gasteiger charge is -2.22. The predicted molar refractivity (Wildman–Crippen MR) is 97.6 cm³/mol. The molecule has 1 spiro atoms. The molecule has 1 aromatic heterocycles. The van der Waals surface area contributed by atoms with Crippen LogP contribution in [-0.2, 0) is 22.0 Å². The van der Waals surface area contributed by atoms with E-state index in [1.165, 1.54) is 10.6 Å². The summed E-state index contributed by atoms with van der Waals surface area (Å²) in [6.45, 7) is 7.85. The number of sulfonamides is 1. The predicted octanol–water partition coefficient (Wildman–Crippen LogP) is 0.326. The maximum Gasteiger partial charge on any atom is 0.285 e. The van der Waals surface area contributed by atoms with Crippen LogP contribution in [0.5, 0.6) is 0 Å². The van der Waals surface area contributed by atoms with Gasteiger partial charge < -0.3 is 9.88 Å². The third-order valence-corrected chi connectivity index (χ3v) is 6.36. The van der Waals surface area contributed by atoms with Gasteiger partial charge in [-0.1, -0.05) is 20.8 Å². The first-order valence-corrected chi connectivity index (χ1v) is 10.6. The summed E-state index contributed by atoms with van der Waals surface area (Å²) >= 11 is 0. The Morgan fingerprint density at radius 3 is 2.54 bits per heavy atom. The molecule has 26 heavy (non-hydrogen) atoms. The number of aromatic nitrogens is 2. The lowest BCUT2D eigenvalue weighted by molar-refractivity contribution is 0.0936. The number of carbonyl (C=O) groups excluding carboxylic acids is 1. The van der Waals surface area contributed by atoms with E-state index in [9.17, 15) is 18.0 Å². The van der Waals surface area contributed by atoms with E-state index < -0.39 is 26.9 Å². The van der Waals surface area contributed by atoms with Crippen LogP contribution in [0.25, 0.3) is 0 Å². The van der Waals surface area contributed by atoms with Gasteiger partial charge in [-0.15, -0.1) is 0 Å². The fourth-order valence-electron chi connectivity index (χ4n) is 3.63. The minimum atomic E-state index is -3.27. The maximum atomic E-state index is 12.4. The summed E-state index contributed by atoms with van der Waals surface area (Å²) in [5, 5.41) is 2.78. The molecule has 0 aromatic carbocycles. The second-order valence-electron chi connectivity index (χ2n) is 8.60. The molecule has 3 heterocycles. The smallest absolute Gasteiger partial charge is 0.285 e. The molecule has 1 N–H and O–H groups in total. The zero-order chi connectivity index (χ0) is 19.3. The molecule has 1 fully saturated rings. The van der Waals surface area contributed by atoms with Crippen LogP contribution in [0.1, 0.15) is 49.8 Å². The van der Waals surface area contributed by atoms with Crippen LogP contribution in [-0.4, -0.2) is 54.1 Å². The summed E-state index contributed by atoms with van der Waals surface area (Å²) in [4.78, 5) is 29.0. The van der Waals surface area contributed by atoms with Gasteiger partial charge in [-0.3, -0.25) is 9.59 Å². The van der Waals surface area contributed by atoms with Crippen molar-refractivity contribution in [2.24, 2.45) is 5.41 Å². The second kappa shape index (κ2) is 6.16. The fourth-order valence-corrected chi connectivity index (χ4v) is 4.54. The van der Waals surface area contributed by atoms with E-state index in [0.29, 0.717) is 38.4 Å². The van der Waals surface area contributed by atoms with Gasteiger partial charge in [0, 0.05) is 37.8 Å². The van der Waals surface area contributed by atoms with Gasteiger partial charge in [0.15, 0.2) is 0 Å². The molecule has 1 atom stereocenters. The minimum Gasteiger partial charge on any atom is -0.351 e. The monoisotopic (exact) mass is 382 g/mol. The Kier molecular flexibility index (Phi) is 4.51. The zero-order valence-corrected chi connectivity index (χ0v) is 16.5. The summed E-state index contributed by atoms with van der Waals surface area (Å²) in [6.07, 6.45) is 4.13. The van der Waals surface area contributed by atoms with Gasteiger partial charge in [0.1, 0.15) is 11.4 Å². The summed E-state index contributed by atoms with van der Waals surface area (Å²) in [6, 6.07) is 0. The van der Waals surface area contributed by atoms with Crippen LogP contribution in [0.15, 0.2) is 11.0 Å². The number of carbonyl (C=O) groups is 1. The number of amides is 1. The normalized spacial score (nSPS) is 23.4. The van der Waals surface area contributed by atoms with Crippen LogP contribution in [0.2, 0.25) is 0 Å². The highest BCUT2D eigenvalue weighted by atomic mass is 32.2. The molecule has 2 aliphatic heterocycles. The van der Waals surface area contributed by atoms with Crippen molar-refractivity contribution in [2.75, 3.05) is 25.9 Å². The molecule has 1 amide bonds. The first-order chi connectivity index (χ1) is 11.9. The Morgan fingerprint density at radius 2 is 1.96 bits per heavy atom. The molecule has 0 saturated carbocycles. The van der Waals surface area contributed by atoms with Gasteiger partial charge in [0.05, 0.1) is 6.26 Å². The molecule has 2 aliphatic rings. The van der Waals surface area contributed by atoms with E-state index in [0.717, 1.165) is 6.42 Å². The Labute approximate surface area is 153 Å². The molecule has 0 aliphatic carbocycles. The number of rotatable bonds is 3. The number of nitrogens with zero attached hydrogens (tertiary/aromatic N) is 3. The highest BCUT2D eigenvalue weighted by Gasteiger charge is 2.48. The SMILES string of the molecule is CC(C)(C)CNC(=O)c1cn2c(nc1=O)[C@]1(CCN(S(C)(=O)=O)C1)CC2. The Balaban J connectivity index is 1.87. The Bertz CT molecular complexity index is 900. The lowest BCUT2D eigenvalue weighted by atomic mass is 9.85. The van der Waals surface area contributed by atoms with E-state index in [2.05, 4.69) is 10.3 Å².